The van der Waals surface area contributed by atoms with E-state index in [2.05, 4.69) is 26.1 Å². The summed E-state index contributed by atoms with van der Waals surface area (Å²) < 4.78 is 17.2. The molecule has 0 amide bonds. The lowest BCUT2D eigenvalue weighted by Gasteiger charge is -2.09. The highest BCUT2D eigenvalue weighted by Gasteiger charge is 2.14. The third kappa shape index (κ3) is 4.49. The van der Waals surface area contributed by atoms with E-state index in [-0.39, 0.29) is 18.6 Å². The number of carbonyl (C=O) groups excluding carboxylic acids is 1. The molecule has 0 N–H and O–H groups in total. The van der Waals surface area contributed by atoms with Crippen LogP contribution in [0.5, 0.6) is 5.75 Å². The summed E-state index contributed by atoms with van der Waals surface area (Å²) in [6.07, 6.45) is 0.0733. The van der Waals surface area contributed by atoms with Crippen molar-refractivity contribution in [3.8, 4) is 17.2 Å². The Kier molecular flexibility index (Phi) is 5.68. The van der Waals surface area contributed by atoms with Gasteiger partial charge in [0.1, 0.15) is 5.75 Å². The molecule has 0 aliphatic rings. The average molecular weight is 417 g/mol. The topological polar surface area (TPSA) is 74.5 Å². The van der Waals surface area contributed by atoms with Crippen LogP contribution >= 0.6 is 15.9 Å². The predicted molar refractivity (Wildman–Crippen MR) is 98.8 cm³/mol. The fourth-order valence-corrected chi connectivity index (χ4v) is 2.66. The summed E-state index contributed by atoms with van der Waals surface area (Å²) in [5.74, 6) is 0.816. The first-order valence-electron chi connectivity index (χ1n) is 8.04. The third-order valence-electron chi connectivity index (χ3n) is 3.36. The molecule has 0 saturated heterocycles. The molecule has 0 bridgehead atoms. The maximum absolute atomic E-state index is 12.1. The Bertz CT molecular complexity index is 891. The lowest BCUT2D eigenvalue weighted by Crippen LogP contribution is -2.07. The summed E-state index contributed by atoms with van der Waals surface area (Å²) in [7, 11) is 0. The van der Waals surface area contributed by atoms with Gasteiger partial charge in [-0.1, -0.05) is 12.1 Å². The van der Waals surface area contributed by atoms with Crippen molar-refractivity contribution in [1.82, 2.24) is 10.2 Å². The lowest BCUT2D eigenvalue weighted by molar-refractivity contribution is 0.0438. The van der Waals surface area contributed by atoms with Crippen LogP contribution in [-0.2, 0) is 11.3 Å². The summed E-state index contributed by atoms with van der Waals surface area (Å²) in [5, 5.41) is 7.89. The minimum Gasteiger partial charge on any atom is -0.491 e. The summed E-state index contributed by atoms with van der Waals surface area (Å²) in [6.45, 7) is 3.78. The fraction of sp³-hybridized carbons (Fsp3) is 0.211. The number of hydrogen-bond acceptors (Lipinski definition) is 6. The van der Waals surface area contributed by atoms with E-state index in [0.29, 0.717) is 17.2 Å². The van der Waals surface area contributed by atoms with Gasteiger partial charge in [-0.3, -0.25) is 0 Å². The van der Waals surface area contributed by atoms with Crippen LogP contribution in [0.2, 0.25) is 0 Å². The quantitative estimate of drug-likeness (QED) is 0.544. The molecule has 0 radical (unpaired) electrons. The second-order valence-electron chi connectivity index (χ2n) is 5.75. The van der Waals surface area contributed by atoms with Gasteiger partial charge in [0.25, 0.3) is 5.89 Å². The zero-order chi connectivity index (χ0) is 18.5. The Morgan fingerprint density at radius 3 is 2.54 bits per heavy atom. The van der Waals surface area contributed by atoms with Crippen LogP contribution in [0.15, 0.2) is 57.4 Å². The van der Waals surface area contributed by atoms with Gasteiger partial charge in [0.2, 0.25) is 5.89 Å². The van der Waals surface area contributed by atoms with Crippen molar-refractivity contribution in [3.63, 3.8) is 0 Å². The molecule has 3 aromatic rings. The molecule has 6 nitrogen and oxygen atoms in total. The molecule has 0 unspecified atom stereocenters. The van der Waals surface area contributed by atoms with Gasteiger partial charge >= 0.3 is 5.97 Å². The number of rotatable bonds is 6. The minimum absolute atomic E-state index is 0.0733. The summed E-state index contributed by atoms with van der Waals surface area (Å²) in [5.41, 5.74) is 1.20. The van der Waals surface area contributed by atoms with Crippen LogP contribution in [0, 0.1) is 0 Å². The standard InChI is InChI=1S/C19H17BrN2O4/c1-12(2)25-14-9-7-13(8-10-14)19(23)24-11-17-21-22-18(26-17)15-5-3-4-6-16(15)20/h3-10,12H,11H2,1-2H3. The van der Waals surface area contributed by atoms with E-state index in [1.54, 1.807) is 24.3 Å². The van der Waals surface area contributed by atoms with E-state index < -0.39 is 5.97 Å². The highest BCUT2D eigenvalue weighted by Crippen LogP contribution is 2.26. The molecule has 2 aromatic carbocycles. The van der Waals surface area contributed by atoms with Gasteiger partial charge in [-0.05, 0) is 66.2 Å². The van der Waals surface area contributed by atoms with Gasteiger partial charge in [0.05, 0.1) is 17.2 Å². The number of aromatic nitrogens is 2. The van der Waals surface area contributed by atoms with Crippen molar-refractivity contribution in [2.75, 3.05) is 0 Å². The number of ether oxygens (including phenoxy) is 2. The molecule has 1 aromatic heterocycles. The number of nitrogens with zero attached hydrogens (tertiary/aromatic N) is 2. The predicted octanol–water partition coefficient (Wildman–Crippen LogP) is 4.64. The van der Waals surface area contributed by atoms with Gasteiger partial charge in [0, 0.05) is 4.47 Å². The Labute approximate surface area is 159 Å². The molecule has 3 rings (SSSR count). The van der Waals surface area contributed by atoms with E-state index in [1.807, 2.05) is 38.1 Å². The molecule has 0 fully saturated rings. The Balaban J connectivity index is 1.61. The molecule has 0 aliphatic carbocycles. The third-order valence-corrected chi connectivity index (χ3v) is 4.05. The molecule has 0 aliphatic heterocycles. The number of hydrogen-bond donors (Lipinski definition) is 0. The maximum atomic E-state index is 12.1. The Morgan fingerprint density at radius 1 is 1.12 bits per heavy atom. The van der Waals surface area contributed by atoms with E-state index >= 15 is 0 Å². The van der Waals surface area contributed by atoms with E-state index in [4.69, 9.17) is 13.9 Å². The zero-order valence-electron chi connectivity index (χ0n) is 14.3. The van der Waals surface area contributed by atoms with Crippen molar-refractivity contribution < 1.29 is 18.7 Å². The highest BCUT2D eigenvalue weighted by molar-refractivity contribution is 9.10. The van der Waals surface area contributed by atoms with Crippen LogP contribution in [0.25, 0.3) is 11.5 Å². The molecule has 1 heterocycles. The maximum Gasteiger partial charge on any atom is 0.338 e. The molecule has 0 saturated carbocycles. The van der Waals surface area contributed by atoms with E-state index in [1.165, 1.54) is 0 Å². The Hall–Kier alpha value is -2.67. The van der Waals surface area contributed by atoms with E-state index in [0.717, 1.165) is 10.0 Å². The van der Waals surface area contributed by atoms with Crippen LogP contribution in [-0.4, -0.2) is 22.3 Å². The number of halogens is 1. The smallest absolute Gasteiger partial charge is 0.338 e. The van der Waals surface area contributed by atoms with Gasteiger partial charge in [-0.25, -0.2) is 4.79 Å². The SMILES string of the molecule is CC(C)Oc1ccc(C(=O)OCc2nnc(-c3ccccc3Br)o2)cc1. The van der Waals surface area contributed by atoms with Crippen LogP contribution in [0.3, 0.4) is 0 Å². The molecule has 0 atom stereocenters. The number of benzene rings is 2. The molecule has 134 valence electrons. The first kappa shape index (κ1) is 18.1. The molecule has 7 heteroatoms. The number of carbonyl (C=O) groups is 1. The van der Waals surface area contributed by atoms with Gasteiger partial charge in [-0.15, -0.1) is 10.2 Å². The van der Waals surface area contributed by atoms with Gasteiger partial charge < -0.3 is 13.9 Å². The van der Waals surface area contributed by atoms with Crippen molar-refractivity contribution in [1.29, 1.82) is 0 Å². The molecule has 26 heavy (non-hydrogen) atoms. The summed E-state index contributed by atoms with van der Waals surface area (Å²) in [6, 6.07) is 14.3. The van der Waals surface area contributed by atoms with Crippen molar-refractivity contribution in [2.45, 2.75) is 26.6 Å². The first-order chi connectivity index (χ1) is 12.5. The monoisotopic (exact) mass is 416 g/mol. The minimum atomic E-state index is -0.471. The summed E-state index contributed by atoms with van der Waals surface area (Å²) >= 11 is 3.43. The Morgan fingerprint density at radius 2 is 1.85 bits per heavy atom. The number of esters is 1. The second kappa shape index (κ2) is 8.14. The first-order valence-corrected chi connectivity index (χ1v) is 8.83. The van der Waals surface area contributed by atoms with Crippen LogP contribution in [0.4, 0.5) is 0 Å². The second-order valence-corrected chi connectivity index (χ2v) is 6.60. The van der Waals surface area contributed by atoms with Crippen molar-refractivity contribution >= 4 is 21.9 Å². The van der Waals surface area contributed by atoms with Gasteiger partial charge in [-0.2, -0.15) is 0 Å². The van der Waals surface area contributed by atoms with E-state index in [9.17, 15) is 4.79 Å². The zero-order valence-corrected chi connectivity index (χ0v) is 15.9. The molecular weight excluding hydrogens is 400 g/mol. The van der Waals surface area contributed by atoms with Crippen molar-refractivity contribution in [3.05, 3.63) is 64.5 Å². The highest BCUT2D eigenvalue weighted by atomic mass is 79.9. The van der Waals surface area contributed by atoms with Crippen LogP contribution < -0.4 is 4.74 Å². The lowest BCUT2D eigenvalue weighted by atomic mass is 10.2. The molecule has 0 spiro atoms. The molecular formula is C19H17BrN2O4. The fourth-order valence-electron chi connectivity index (χ4n) is 2.21. The van der Waals surface area contributed by atoms with Crippen LogP contribution in [0.1, 0.15) is 30.1 Å². The normalized spacial score (nSPS) is 10.8. The summed E-state index contributed by atoms with van der Waals surface area (Å²) in [4.78, 5) is 12.1. The van der Waals surface area contributed by atoms with Crippen molar-refractivity contribution in [2.24, 2.45) is 0 Å². The largest absolute Gasteiger partial charge is 0.491 e. The van der Waals surface area contributed by atoms with Gasteiger partial charge in [0.15, 0.2) is 6.61 Å². The average Bonchev–Trinajstić information content (AvgIpc) is 3.09.